The lowest BCUT2D eigenvalue weighted by Crippen LogP contribution is -2.02. The first-order valence-electron chi connectivity index (χ1n) is 5.62. The number of pyridine rings is 1. The highest BCUT2D eigenvalue weighted by Crippen LogP contribution is 2.26. The Morgan fingerprint density at radius 2 is 2.33 bits per heavy atom. The predicted molar refractivity (Wildman–Crippen MR) is 60.4 cm³/mol. The Labute approximate surface area is 90.7 Å². The van der Waals surface area contributed by atoms with E-state index in [1.807, 2.05) is 12.1 Å². The fraction of sp³-hybridized carbons (Fsp3) is 0.462. The summed E-state index contributed by atoms with van der Waals surface area (Å²) in [5.41, 5.74) is 2.32. The van der Waals surface area contributed by atoms with E-state index < -0.39 is 0 Å². The van der Waals surface area contributed by atoms with Crippen LogP contribution in [-0.4, -0.2) is 10.1 Å². The van der Waals surface area contributed by atoms with E-state index in [-0.39, 0.29) is 6.10 Å². The third-order valence-corrected chi connectivity index (χ3v) is 2.91. The van der Waals surface area contributed by atoms with Gasteiger partial charge in [-0.05, 0) is 43.7 Å². The molecule has 0 fully saturated rings. The van der Waals surface area contributed by atoms with Crippen LogP contribution < -0.4 is 0 Å². The largest absolute Gasteiger partial charge is 0.388 e. The van der Waals surface area contributed by atoms with Gasteiger partial charge in [-0.1, -0.05) is 17.7 Å². The molecule has 2 rings (SSSR count). The topological polar surface area (TPSA) is 33.1 Å². The van der Waals surface area contributed by atoms with E-state index in [1.54, 1.807) is 12.4 Å². The summed E-state index contributed by atoms with van der Waals surface area (Å²) in [6.45, 7) is 0. The fourth-order valence-corrected chi connectivity index (χ4v) is 2.03. The van der Waals surface area contributed by atoms with Crippen LogP contribution in [0.15, 0.2) is 36.2 Å². The second kappa shape index (κ2) is 5.08. The summed E-state index contributed by atoms with van der Waals surface area (Å²) < 4.78 is 0. The molecule has 2 heteroatoms. The number of aliphatic hydroxyl groups excluding tert-OH is 1. The molecule has 1 N–H and O–H groups in total. The van der Waals surface area contributed by atoms with Crippen molar-refractivity contribution in [1.82, 2.24) is 4.98 Å². The summed E-state index contributed by atoms with van der Waals surface area (Å²) in [5, 5.41) is 9.99. The van der Waals surface area contributed by atoms with Crippen molar-refractivity contribution >= 4 is 0 Å². The Balaban J connectivity index is 1.97. The quantitative estimate of drug-likeness (QED) is 0.766. The van der Waals surface area contributed by atoms with Crippen molar-refractivity contribution in [3.05, 3.63) is 41.7 Å². The summed E-state index contributed by atoms with van der Waals surface area (Å²) >= 11 is 0. The highest BCUT2D eigenvalue weighted by molar-refractivity contribution is 5.16. The molecule has 1 aliphatic rings. The highest BCUT2D eigenvalue weighted by atomic mass is 16.3. The van der Waals surface area contributed by atoms with Crippen molar-refractivity contribution in [2.75, 3.05) is 0 Å². The highest BCUT2D eigenvalue weighted by Gasteiger charge is 2.11. The lowest BCUT2D eigenvalue weighted by Gasteiger charge is -2.16. The second-order valence-corrected chi connectivity index (χ2v) is 4.11. The van der Waals surface area contributed by atoms with Gasteiger partial charge in [-0.2, -0.15) is 0 Å². The molecule has 0 aliphatic heterocycles. The second-order valence-electron chi connectivity index (χ2n) is 4.11. The standard InChI is InChI=1S/C13H17NO/c15-13(12-7-4-8-14-10-12)9-11-5-2-1-3-6-11/h4-5,7-8,10,13,15H,1-3,6,9H2. The van der Waals surface area contributed by atoms with Crippen LogP contribution in [0.25, 0.3) is 0 Å². The number of rotatable bonds is 3. The Morgan fingerprint density at radius 3 is 3.00 bits per heavy atom. The Bertz CT molecular complexity index is 332. The van der Waals surface area contributed by atoms with Crippen LogP contribution in [-0.2, 0) is 0 Å². The van der Waals surface area contributed by atoms with E-state index >= 15 is 0 Å². The molecule has 0 saturated heterocycles. The fourth-order valence-electron chi connectivity index (χ4n) is 2.03. The first kappa shape index (κ1) is 10.4. The molecular weight excluding hydrogens is 186 g/mol. The van der Waals surface area contributed by atoms with Gasteiger partial charge in [0.15, 0.2) is 0 Å². The molecule has 80 valence electrons. The van der Waals surface area contributed by atoms with Gasteiger partial charge in [-0.15, -0.1) is 0 Å². The van der Waals surface area contributed by atoms with Crippen LogP contribution in [0.5, 0.6) is 0 Å². The predicted octanol–water partition coefficient (Wildman–Crippen LogP) is 3.01. The van der Waals surface area contributed by atoms with Gasteiger partial charge in [0.2, 0.25) is 0 Å². The van der Waals surface area contributed by atoms with Crippen molar-refractivity contribution in [3.8, 4) is 0 Å². The smallest absolute Gasteiger partial charge is 0.0841 e. The minimum Gasteiger partial charge on any atom is -0.388 e. The van der Waals surface area contributed by atoms with Crippen molar-refractivity contribution in [2.45, 2.75) is 38.2 Å². The zero-order valence-corrected chi connectivity index (χ0v) is 8.89. The summed E-state index contributed by atoms with van der Waals surface area (Å²) in [7, 11) is 0. The summed E-state index contributed by atoms with van der Waals surface area (Å²) in [4.78, 5) is 4.02. The van der Waals surface area contributed by atoms with Crippen LogP contribution in [0, 0.1) is 0 Å². The molecule has 0 bridgehead atoms. The summed E-state index contributed by atoms with van der Waals surface area (Å²) in [5.74, 6) is 0. The molecule has 0 amide bonds. The monoisotopic (exact) mass is 203 g/mol. The van der Waals surface area contributed by atoms with Gasteiger partial charge in [0.1, 0.15) is 0 Å². The van der Waals surface area contributed by atoms with Crippen molar-refractivity contribution in [1.29, 1.82) is 0 Å². The SMILES string of the molecule is OC(CC1=CCCCC1)c1cccnc1. The first-order valence-corrected chi connectivity index (χ1v) is 5.62. The van der Waals surface area contributed by atoms with Gasteiger partial charge in [0, 0.05) is 12.4 Å². The number of allylic oxidation sites excluding steroid dienone is 1. The van der Waals surface area contributed by atoms with Crippen LogP contribution in [0.2, 0.25) is 0 Å². The van der Waals surface area contributed by atoms with Crippen molar-refractivity contribution in [3.63, 3.8) is 0 Å². The summed E-state index contributed by atoms with van der Waals surface area (Å²) in [6.07, 6.45) is 11.0. The number of hydrogen-bond acceptors (Lipinski definition) is 2. The molecule has 0 aromatic carbocycles. The minimum absolute atomic E-state index is 0.386. The van der Waals surface area contributed by atoms with Crippen LogP contribution in [0.1, 0.15) is 43.8 Å². The molecule has 0 radical (unpaired) electrons. The number of hydrogen-bond donors (Lipinski definition) is 1. The van der Waals surface area contributed by atoms with E-state index in [9.17, 15) is 5.11 Å². The Hall–Kier alpha value is -1.15. The number of aromatic nitrogens is 1. The average Bonchev–Trinajstić information content (AvgIpc) is 2.31. The number of nitrogens with zero attached hydrogens (tertiary/aromatic N) is 1. The van der Waals surface area contributed by atoms with Gasteiger partial charge in [0.05, 0.1) is 6.10 Å². The average molecular weight is 203 g/mol. The molecule has 1 aromatic heterocycles. The van der Waals surface area contributed by atoms with Crippen LogP contribution >= 0.6 is 0 Å². The Kier molecular flexibility index (Phi) is 3.51. The first-order chi connectivity index (χ1) is 7.36. The maximum Gasteiger partial charge on any atom is 0.0841 e. The van der Waals surface area contributed by atoms with Gasteiger partial charge < -0.3 is 5.11 Å². The third kappa shape index (κ3) is 2.90. The maximum atomic E-state index is 9.99. The van der Waals surface area contributed by atoms with Gasteiger partial charge >= 0.3 is 0 Å². The molecule has 1 atom stereocenters. The molecule has 1 heterocycles. The third-order valence-electron chi connectivity index (χ3n) is 2.91. The van der Waals surface area contributed by atoms with Crippen LogP contribution in [0.4, 0.5) is 0 Å². The van der Waals surface area contributed by atoms with E-state index in [1.165, 1.54) is 24.8 Å². The van der Waals surface area contributed by atoms with Gasteiger partial charge in [-0.25, -0.2) is 0 Å². The van der Waals surface area contributed by atoms with Crippen LogP contribution in [0.3, 0.4) is 0 Å². The van der Waals surface area contributed by atoms with Crippen molar-refractivity contribution < 1.29 is 5.11 Å². The molecule has 15 heavy (non-hydrogen) atoms. The van der Waals surface area contributed by atoms with E-state index in [0.29, 0.717) is 0 Å². The normalized spacial score (nSPS) is 18.3. The zero-order chi connectivity index (χ0) is 10.5. The van der Waals surface area contributed by atoms with E-state index in [0.717, 1.165) is 18.4 Å². The molecule has 1 unspecified atom stereocenters. The lowest BCUT2D eigenvalue weighted by molar-refractivity contribution is 0.176. The van der Waals surface area contributed by atoms with Gasteiger partial charge in [-0.3, -0.25) is 4.98 Å². The van der Waals surface area contributed by atoms with E-state index in [2.05, 4.69) is 11.1 Å². The molecular formula is C13H17NO. The van der Waals surface area contributed by atoms with Crippen molar-refractivity contribution in [2.24, 2.45) is 0 Å². The molecule has 0 saturated carbocycles. The molecule has 1 aromatic rings. The Morgan fingerprint density at radius 1 is 1.40 bits per heavy atom. The molecule has 1 aliphatic carbocycles. The zero-order valence-electron chi connectivity index (χ0n) is 8.89. The number of aliphatic hydroxyl groups is 1. The minimum atomic E-state index is -0.386. The summed E-state index contributed by atoms with van der Waals surface area (Å²) in [6, 6.07) is 3.80. The molecule has 2 nitrogen and oxygen atoms in total. The van der Waals surface area contributed by atoms with Gasteiger partial charge in [0.25, 0.3) is 0 Å². The van der Waals surface area contributed by atoms with E-state index in [4.69, 9.17) is 0 Å². The maximum absolute atomic E-state index is 9.99. The lowest BCUT2D eigenvalue weighted by atomic mass is 9.93. The molecule has 0 spiro atoms.